The van der Waals surface area contributed by atoms with Gasteiger partial charge in [0.1, 0.15) is 5.69 Å². The maximum atomic E-state index is 12.7. The Bertz CT molecular complexity index is 823. The predicted molar refractivity (Wildman–Crippen MR) is 117 cm³/mol. The van der Waals surface area contributed by atoms with Crippen LogP contribution in [-0.4, -0.2) is 67.1 Å². The van der Waals surface area contributed by atoms with Crippen molar-refractivity contribution < 1.29 is 4.79 Å². The maximum Gasteiger partial charge on any atom is 0.274 e. The quantitative estimate of drug-likeness (QED) is 0.860. The van der Waals surface area contributed by atoms with Gasteiger partial charge < -0.3 is 20.0 Å². The van der Waals surface area contributed by atoms with Crippen molar-refractivity contribution in [3.8, 4) is 0 Å². The van der Waals surface area contributed by atoms with Crippen molar-refractivity contribution in [2.24, 2.45) is 5.92 Å². The second kappa shape index (κ2) is 8.78. The molecule has 7 nitrogen and oxygen atoms in total. The zero-order valence-corrected chi connectivity index (χ0v) is 17.3. The summed E-state index contributed by atoms with van der Waals surface area (Å²) in [6.45, 7) is 8.37. The van der Waals surface area contributed by atoms with Crippen LogP contribution in [0.25, 0.3) is 0 Å². The third-order valence-electron chi connectivity index (χ3n) is 5.94. The smallest absolute Gasteiger partial charge is 0.274 e. The van der Waals surface area contributed by atoms with E-state index in [0.717, 1.165) is 63.7 Å². The first-order valence-corrected chi connectivity index (χ1v) is 10.5. The molecule has 2 fully saturated rings. The zero-order valence-electron chi connectivity index (χ0n) is 17.3. The number of piperidine rings is 1. The van der Waals surface area contributed by atoms with E-state index >= 15 is 0 Å². The Morgan fingerprint density at radius 2 is 1.66 bits per heavy atom. The molecule has 1 amide bonds. The number of carbonyl (C=O) groups excluding carboxylic acids is 1. The molecule has 3 heterocycles. The van der Waals surface area contributed by atoms with Crippen molar-refractivity contribution in [2.45, 2.75) is 19.8 Å². The molecule has 2 aliphatic rings. The average Bonchev–Trinajstić information content (AvgIpc) is 2.75. The fraction of sp³-hybridized carbons (Fsp3) is 0.500. The molecule has 2 aliphatic heterocycles. The highest BCUT2D eigenvalue weighted by molar-refractivity contribution is 6.03. The lowest BCUT2D eigenvalue weighted by atomic mass is 10.00. The monoisotopic (exact) mass is 394 g/mol. The van der Waals surface area contributed by atoms with E-state index in [4.69, 9.17) is 0 Å². The Morgan fingerprint density at radius 1 is 0.966 bits per heavy atom. The van der Waals surface area contributed by atoms with E-state index in [1.807, 2.05) is 12.1 Å². The fourth-order valence-electron chi connectivity index (χ4n) is 3.85. The molecular formula is C22H30N6O. The number of hydrogen-bond donors (Lipinski definition) is 1. The van der Waals surface area contributed by atoms with Gasteiger partial charge in [0.15, 0.2) is 0 Å². The molecule has 4 rings (SSSR count). The Labute approximate surface area is 172 Å². The molecule has 0 saturated carbocycles. The number of nitrogens with one attached hydrogen (secondary N) is 1. The topological polar surface area (TPSA) is 64.6 Å². The Kier molecular flexibility index (Phi) is 5.94. The molecule has 0 aliphatic carbocycles. The number of amides is 1. The SMILES string of the molecule is CC1CCN(c2nccc(C(=O)Nc3ccc(N4CCN(C)CC4)cc3)n2)CC1. The molecule has 29 heavy (non-hydrogen) atoms. The molecule has 7 heteroatoms. The second-order valence-electron chi connectivity index (χ2n) is 8.20. The fourth-order valence-corrected chi connectivity index (χ4v) is 3.85. The van der Waals surface area contributed by atoms with Crippen molar-refractivity contribution in [2.75, 3.05) is 61.4 Å². The summed E-state index contributed by atoms with van der Waals surface area (Å²) in [5.41, 5.74) is 2.37. The summed E-state index contributed by atoms with van der Waals surface area (Å²) in [6, 6.07) is 9.73. The van der Waals surface area contributed by atoms with Crippen LogP contribution in [0, 0.1) is 5.92 Å². The minimum Gasteiger partial charge on any atom is -0.369 e. The maximum absolute atomic E-state index is 12.7. The van der Waals surface area contributed by atoms with Gasteiger partial charge in [-0.05, 0) is 56.1 Å². The summed E-state index contributed by atoms with van der Waals surface area (Å²) >= 11 is 0. The summed E-state index contributed by atoms with van der Waals surface area (Å²) in [5.74, 6) is 1.19. The van der Waals surface area contributed by atoms with Crippen molar-refractivity contribution in [3.63, 3.8) is 0 Å². The number of hydrogen-bond acceptors (Lipinski definition) is 6. The molecule has 154 valence electrons. The van der Waals surface area contributed by atoms with Gasteiger partial charge in [0.2, 0.25) is 5.95 Å². The molecule has 0 spiro atoms. The van der Waals surface area contributed by atoms with Crippen LogP contribution in [-0.2, 0) is 0 Å². The molecule has 1 aromatic carbocycles. The van der Waals surface area contributed by atoms with Gasteiger partial charge in [0, 0.05) is 56.8 Å². The van der Waals surface area contributed by atoms with Crippen LogP contribution in [0.4, 0.5) is 17.3 Å². The normalized spacial score (nSPS) is 18.7. The summed E-state index contributed by atoms with van der Waals surface area (Å²) < 4.78 is 0. The van der Waals surface area contributed by atoms with Gasteiger partial charge in [-0.2, -0.15) is 0 Å². The number of likely N-dealkylation sites (N-methyl/N-ethyl adjacent to an activating group) is 1. The number of aromatic nitrogens is 2. The third kappa shape index (κ3) is 4.85. The molecule has 0 bridgehead atoms. The molecular weight excluding hydrogens is 364 g/mol. The number of nitrogens with zero attached hydrogens (tertiary/aromatic N) is 5. The van der Waals surface area contributed by atoms with E-state index in [1.165, 1.54) is 5.69 Å². The lowest BCUT2D eigenvalue weighted by molar-refractivity contribution is 0.102. The summed E-state index contributed by atoms with van der Waals surface area (Å²) in [6.07, 6.45) is 3.95. The summed E-state index contributed by atoms with van der Waals surface area (Å²) in [7, 11) is 2.15. The van der Waals surface area contributed by atoms with Gasteiger partial charge in [-0.1, -0.05) is 6.92 Å². The van der Waals surface area contributed by atoms with Gasteiger partial charge in [-0.25, -0.2) is 9.97 Å². The standard InChI is InChI=1S/C22H30N6O/c1-17-8-11-28(12-9-17)22-23-10-7-20(25-22)21(29)24-18-3-5-19(6-4-18)27-15-13-26(2)14-16-27/h3-7,10,17H,8-9,11-16H2,1-2H3,(H,24,29). The van der Waals surface area contributed by atoms with E-state index in [2.05, 4.69) is 56.1 Å². The molecule has 1 aromatic heterocycles. The van der Waals surface area contributed by atoms with Crippen LogP contribution in [0.5, 0.6) is 0 Å². The van der Waals surface area contributed by atoms with E-state index in [0.29, 0.717) is 11.6 Å². The van der Waals surface area contributed by atoms with E-state index in [9.17, 15) is 4.79 Å². The van der Waals surface area contributed by atoms with Crippen LogP contribution in [0.3, 0.4) is 0 Å². The lowest BCUT2D eigenvalue weighted by Gasteiger charge is -2.34. The van der Waals surface area contributed by atoms with E-state index < -0.39 is 0 Å². The van der Waals surface area contributed by atoms with E-state index in [1.54, 1.807) is 12.3 Å². The molecule has 2 aromatic rings. The van der Waals surface area contributed by atoms with Crippen LogP contribution in [0.15, 0.2) is 36.5 Å². The van der Waals surface area contributed by atoms with Crippen LogP contribution < -0.4 is 15.1 Å². The van der Waals surface area contributed by atoms with Gasteiger partial charge in [-0.15, -0.1) is 0 Å². The van der Waals surface area contributed by atoms with E-state index in [-0.39, 0.29) is 5.91 Å². The zero-order chi connectivity index (χ0) is 20.2. The summed E-state index contributed by atoms with van der Waals surface area (Å²) in [4.78, 5) is 28.4. The first-order valence-electron chi connectivity index (χ1n) is 10.5. The van der Waals surface area contributed by atoms with Crippen molar-refractivity contribution >= 4 is 23.2 Å². The number of benzene rings is 1. The van der Waals surface area contributed by atoms with Gasteiger partial charge in [0.25, 0.3) is 5.91 Å². The van der Waals surface area contributed by atoms with Gasteiger partial charge in [-0.3, -0.25) is 4.79 Å². The Morgan fingerprint density at radius 3 is 2.34 bits per heavy atom. The van der Waals surface area contributed by atoms with Crippen LogP contribution in [0.1, 0.15) is 30.3 Å². The highest BCUT2D eigenvalue weighted by Crippen LogP contribution is 2.21. The minimum atomic E-state index is -0.202. The number of anilines is 3. The van der Waals surface area contributed by atoms with Crippen LogP contribution in [0.2, 0.25) is 0 Å². The molecule has 0 unspecified atom stereocenters. The predicted octanol–water partition coefficient (Wildman–Crippen LogP) is 2.72. The van der Waals surface area contributed by atoms with Crippen molar-refractivity contribution in [3.05, 3.63) is 42.2 Å². The average molecular weight is 395 g/mol. The van der Waals surface area contributed by atoms with Crippen molar-refractivity contribution in [1.82, 2.24) is 14.9 Å². The Hall–Kier alpha value is -2.67. The molecule has 0 atom stereocenters. The van der Waals surface area contributed by atoms with Crippen LogP contribution >= 0.6 is 0 Å². The largest absolute Gasteiger partial charge is 0.369 e. The second-order valence-corrected chi connectivity index (χ2v) is 8.20. The van der Waals surface area contributed by atoms with Crippen molar-refractivity contribution in [1.29, 1.82) is 0 Å². The highest BCUT2D eigenvalue weighted by Gasteiger charge is 2.19. The number of carbonyl (C=O) groups is 1. The van der Waals surface area contributed by atoms with Gasteiger partial charge in [0.05, 0.1) is 0 Å². The Balaban J connectivity index is 1.38. The highest BCUT2D eigenvalue weighted by atomic mass is 16.1. The first kappa shape index (κ1) is 19.6. The number of rotatable bonds is 4. The number of piperazine rings is 1. The lowest BCUT2D eigenvalue weighted by Crippen LogP contribution is -2.44. The first-order chi connectivity index (χ1) is 14.1. The third-order valence-corrected chi connectivity index (χ3v) is 5.94. The molecule has 0 radical (unpaired) electrons. The van der Waals surface area contributed by atoms with Gasteiger partial charge >= 0.3 is 0 Å². The minimum absolute atomic E-state index is 0.202. The molecule has 1 N–H and O–H groups in total. The molecule has 2 saturated heterocycles. The summed E-state index contributed by atoms with van der Waals surface area (Å²) in [5, 5.41) is 2.96.